The Labute approximate surface area is 319 Å². The van der Waals surface area contributed by atoms with E-state index in [1.807, 2.05) is 0 Å². The molecule has 2 atom stereocenters. The third-order valence-electron chi connectivity index (χ3n) is 8.48. The number of hydroxylamine groups is 2. The number of aromatic hydroxyl groups is 3. The Bertz CT molecular complexity index is 1850. The first-order valence-corrected chi connectivity index (χ1v) is 17.5. The zero-order chi connectivity index (χ0) is 40.4. The molecule has 1 amide bonds. The van der Waals surface area contributed by atoms with Crippen LogP contribution < -0.4 is 30.6 Å². The van der Waals surface area contributed by atoms with Crippen LogP contribution in [-0.2, 0) is 14.4 Å². The van der Waals surface area contributed by atoms with Crippen molar-refractivity contribution in [1.82, 2.24) is 15.7 Å². The largest absolute Gasteiger partial charge is 0.504 e. The van der Waals surface area contributed by atoms with E-state index >= 15 is 0 Å². The van der Waals surface area contributed by atoms with Gasteiger partial charge >= 0.3 is 0 Å². The van der Waals surface area contributed by atoms with Gasteiger partial charge in [-0.3, -0.25) is 19.6 Å². The van der Waals surface area contributed by atoms with Crippen LogP contribution in [0.2, 0.25) is 0 Å². The van der Waals surface area contributed by atoms with Gasteiger partial charge in [-0.1, -0.05) is 30.4 Å². The monoisotopic (exact) mass is 762 g/mol. The van der Waals surface area contributed by atoms with Crippen LogP contribution in [0.25, 0.3) is 18.2 Å². The molecule has 0 bridgehead atoms. The molecule has 0 aliphatic heterocycles. The summed E-state index contributed by atoms with van der Waals surface area (Å²) in [7, 11) is 4.04. The van der Waals surface area contributed by atoms with Gasteiger partial charge < -0.3 is 51.0 Å². The number of phenolic OH excluding ortho intramolecular Hbond substituents is 3. The number of hydrogen-bond donors (Lipinski definition) is 8. The summed E-state index contributed by atoms with van der Waals surface area (Å²) in [6.07, 6.45) is 9.00. The smallest absolute Gasteiger partial charge is 0.273 e. The molecule has 0 heterocycles. The molecule has 2 unspecified atom stereocenters. The molecule has 55 heavy (non-hydrogen) atoms. The second kappa shape index (κ2) is 21.9. The van der Waals surface area contributed by atoms with E-state index in [4.69, 9.17) is 19.9 Å². The standard InChI is InChI=1S/C40H50N4O11/c1-53-35-23-27(8-14-32(35)46)7-13-31(45)30(26-43-21-5-4-20-42-22-6-19-41)40(51,38(49)17-11-28-9-15-33(47)36(24-28)54-2)44(52)39(50)18-12-29-10-16-34(48)37(25-29)55-3/h7-18,23-25,30,42-43,46-48,51-52H,4-6,19-22,26,41H2,1-3H3/b13-7+,17-11+,18-12+. The third-order valence-corrected chi connectivity index (χ3v) is 8.48. The molecule has 0 aromatic heterocycles. The van der Waals surface area contributed by atoms with Gasteiger partial charge in [0.05, 0.1) is 27.2 Å². The molecule has 0 radical (unpaired) electrons. The molecule has 0 saturated carbocycles. The molecular formula is C40H50N4O11. The van der Waals surface area contributed by atoms with Crippen molar-refractivity contribution in [1.29, 1.82) is 0 Å². The van der Waals surface area contributed by atoms with Gasteiger partial charge in [0.1, 0.15) is 0 Å². The Morgan fingerprint density at radius 1 is 0.709 bits per heavy atom. The number of hydrogen-bond acceptors (Lipinski definition) is 14. The number of unbranched alkanes of at least 4 members (excludes halogenated alkanes) is 1. The number of carbonyl (C=O) groups is 3. The molecule has 0 saturated heterocycles. The Balaban J connectivity index is 2.04. The number of ketones is 2. The van der Waals surface area contributed by atoms with E-state index in [0.717, 1.165) is 44.2 Å². The van der Waals surface area contributed by atoms with Crippen LogP contribution in [-0.4, -0.2) is 108 Å². The molecule has 9 N–H and O–H groups in total. The van der Waals surface area contributed by atoms with E-state index in [2.05, 4.69) is 10.6 Å². The number of allylic oxidation sites excluding steroid dienone is 1. The summed E-state index contributed by atoms with van der Waals surface area (Å²) in [4.78, 5) is 41.7. The quantitative estimate of drug-likeness (QED) is 0.0228. The molecule has 15 heteroatoms. The van der Waals surface area contributed by atoms with E-state index in [-0.39, 0.29) is 46.1 Å². The second-order valence-corrected chi connectivity index (χ2v) is 12.3. The summed E-state index contributed by atoms with van der Waals surface area (Å²) in [5.41, 5.74) is 3.51. The number of amides is 1. The van der Waals surface area contributed by atoms with E-state index in [0.29, 0.717) is 36.2 Å². The first-order valence-electron chi connectivity index (χ1n) is 17.5. The van der Waals surface area contributed by atoms with Gasteiger partial charge in [-0.05, 0) is 117 Å². The number of nitrogens with two attached hydrogens (primary N) is 1. The number of nitrogens with zero attached hydrogens (tertiary/aromatic N) is 1. The van der Waals surface area contributed by atoms with Gasteiger partial charge in [-0.15, -0.1) is 0 Å². The van der Waals surface area contributed by atoms with Crippen LogP contribution in [0.3, 0.4) is 0 Å². The summed E-state index contributed by atoms with van der Waals surface area (Å²) in [6, 6.07) is 12.7. The summed E-state index contributed by atoms with van der Waals surface area (Å²) in [6.45, 7) is 2.07. The lowest BCUT2D eigenvalue weighted by Gasteiger charge is -2.37. The number of ether oxygens (including phenoxy) is 3. The Morgan fingerprint density at radius 3 is 1.62 bits per heavy atom. The zero-order valence-corrected chi connectivity index (χ0v) is 31.1. The van der Waals surface area contributed by atoms with Crippen molar-refractivity contribution in [2.75, 3.05) is 54.1 Å². The molecule has 3 aromatic carbocycles. The summed E-state index contributed by atoms with van der Waals surface area (Å²) in [5, 5.41) is 59.8. The van der Waals surface area contributed by atoms with Crippen molar-refractivity contribution < 1.29 is 54.2 Å². The van der Waals surface area contributed by atoms with Gasteiger partial charge in [0.25, 0.3) is 5.91 Å². The van der Waals surface area contributed by atoms with E-state index in [1.54, 1.807) is 0 Å². The highest BCUT2D eigenvalue weighted by atomic mass is 16.6. The molecule has 296 valence electrons. The predicted molar refractivity (Wildman–Crippen MR) is 207 cm³/mol. The molecule has 0 aliphatic carbocycles. The predicted octanol–water partition coefficient (Wildman–Crippen LogP) is 3.24. The van der Waals surface area contributed by atoms with Crippen LogP contribution in [0.15, 0.2) is 72.8 Å². The number of phenols is 3. The number of nitrogens with one attached hydrogen (secondary N) is 2. The Kier molecular flexibility index (Phi) is 17.4. The lowest BCUT2D eigenvalue weighted by atomic mass is 9.86. The van der Waals surface area contributed by atoms with Crippen molar-refractivity contribution in [2.24, 2.45) is 11.7 Å². The van der Waals surface area contributed by atoms with E-state index < -0.39 is 29.1 Å². The van der Waals surface area contributed by atoms with Gasteiger partial charge in [-0.2, -0.15) is 5.06 Å². The molecule has 0 aliphatic rings. The molecule has 3 aromatic rings. The second-order valence-electron chi connectivity index (χ2n) is 12.3. The third kappa shape index (κ3) is 12.4. The highest BCUT2D eigenvalue weighted by molar-refractivity contribution is 6.08. The van der Waals surface area contributed by atoms with Crippen LogP contribution in [0.1, 0.15) is 36.0 Å². The van der Waals surface area contributed by atoms with Gasteiger partial charge in [0, 0.05) is 12.6 Å². The summed E-state index contributed by atoms with van der Waals surface area (Å²) < 4.78 is 15.4. The van der Waals surface area contributed by atoms with E-state index in [9.17, 15) is 40.0 Å². The maximum atomic E-state index is 14.1. The first kappa shape index (κ1) is 43.7. The number of methoxy groups -OCH3 is 3. The van der Waals surface area contributed by atoms with Crippen LogP contribution in [0.5, 0.6) is 34.5 Å². The fourth-order valence-corrected chi connectivity index (χ4v) is 5.35. The number of benzene rings is 3. The lowest BCUT2D eigenvalue weighted by molar-refractivity contribution is -0.251. The topological polar surface area (TPSA) is 233 Å². The van der Waals surface area contributed by atoms with Crippen molar-refractivity contribution in [3.8, 4) is 34.5 Å². The highest BCUT2D eigenvalue weighted by Gasteiger charge is 2.52. The summed E-state index contributed by atoms with van der Waals surface area (Å²) in [5.74, 6) is -5.17. The maximum Gasteiger partial charge on any atom is 0.273 e. The van der Waals surface area contributed by atoms with Gasteiger partial charge in [0.15, 0.2) is 40.3 Å². The molecule has 15 nitrogen and oxygen atoms in total. The van der Waals surface area contributed by atoms with Gasteiger partial charge in [0.2, 0.25) is 11.5 Å². The molecular weight excluding hydrogens is 712 g/mol. The summed E-state index contributed by atoms with van der Waals surface area (Å²) >= 11 is 0. The Hall–Kier alpha value is -5.71. The highest BCUT2D eigenvalue weighted by Crippen LogP contribution is 2.31. The van der Waals surface area contributed by atoms with Crippen molar-refractivity contribution in [3.05, 3.63) is 89.5 Å². The number of carbonyl (C=O) groups excluding carboxylic acids is 3. The minimum atomic E-state index is -3.17. The molecule has 0 spiro atoms. The van der Waals surface area contributed by atoms with Crippen molar-refractivity contribution >= 4 is 35.7 Å². The average molecular weight is 763 g/mol. The van der Waals surface area contributed by atoms with Crippen LogP contribution in [0, 0.1) is 5.92 Å². The minimum absolute atomic E-state index is 0.0997. The number of aliphatic hydroxyl groups is 1. The lowest BCUT2D eigenvalue weighted by Crippen LogP contribution is -2.63. The zero-order valence-electron chi connectivity index (χ0n) is 31.1. The maximum absolute atomic E-state index is 14.1. The van der Waals surface area contributed by atoms with E-state index in [1.165, 1.54) is 94.2 Å². The van der Waals surface area contributed by atoms with Crippen LogP contribution >= 0.6 is 0 Å². The molecule has 0 fully saturated rings. The Morgan fingerprint density at radius 2 is 1.15 bits per heavy atom. The van der Waals surface area contributed by atoms with Crippen molar-refractivity contribution in [2.45, 2.75) is 25.0 Å². The average Bonchev–Trinajstić information content (AvgIpc) is 3.19. The number of rotatable bonds is 23. The fraction of sp³-hybridized carbons (Fsp3) is 0.325. The van der Waals surface area contributed by atoms with Gasteiger partial charge in [-0.25, -0.2) is 0 Å². The first-order chi connectivity index (χ1) is 26.4. The SMILES string of the molecule is COc1cc(/C=C/C(=O)C(CNCCCCNCCCN)C(O)(C(=O)/C=C/c2ccc(O)c(OC)c2)N(O)C(=O)/C=C/c2ccc(O)c(OC)c2)ccc1O. The minimum Gasteiger partial charge on any atom is -0.504 e. The fourth-order valence-electron chi connectivity index (χ4n) is 5.35. The normalized spacial score (nSPS) is 13.2. The van der Waals surface area contributed by atoms with Crippen molar-refractivity contribution in [3.63, 3.8) is 0 Å². The molecule has 3 rings (SSSR count). The van der Waals surface area contributed by atoms with Crippen LogP contribution in [0.4, 0.5) is 0 Å².